The lowest BCUT2D eigenvalue weighted by molar-refractivity contribution is -0.108. The Morgan fingerprint density at radius 2 is 2.31 bits per heavy atom. The molecule has 1 aromatic carbocycles. The molecule has 0 radical (unpaired) electrons. The molecule has 1 atom stereocenters. The number of hydrogen-bond acceptors (Lipinski definition) is 1. The number of carbonyl (C=O) groups excluding carboxylic acids is 1. The van der Waals surface area contributed by atoms with Crippen LogP contribution in [0.4, 0.5) is 4.39 Å². The van der Waals surface area contributed by atoms with Crippen LogP contribution in [0, 0.1) is 5.82 Å². The third-order valence-electron chi connectivity index (χ3n) is 1.70. The maximum atomic E-state index is 13.0. The first-order valence-electron chi connectivity index (χ1n) is 3.65. The van der Waals surface area contributed by atoms with Gasteiger partial charge in [-0.2, -0.15) is 0 Å². The molecule has 4 heteroatoms. The molecule has 0 aromatic heterocycles. The van der Waals surface area contributed by atoms with Crippen molar-refractivity contribution in [3.8, 4) is 0 Å². The number of alkyl halides is 1. The van der Waals surface area contributed by atoms with Crippen LogP contribution in [-0.2, 0) is 4.79 Å². The largest absolute Gasteiger partial charge is 0.303 e. The summed E-state index contributed by atoms with van der Waals surface area (Å²) >= 11 is 8.55. The van der Waals surface area contributed by atoms with Gasteiger partial charge in [0.1, 0.15) is 12.1 Å². The lowest BCUT2D eigenvalue weighted by Crippen LogP contribution is -2.02. The molecular weight excluding hydrogens is 258 g/mol. The number of hydrogen-bond donors (Lipinski definition) is 0. The monoisotopic (exact) mass is 264 g/mol. The molecule has 0 N–H and O–H groups in total. The van der Waals surface area contributed by atoms with Gasteiger partial charge in [0, 0.05) is 5.88 Å². The number of benzene rings is 1. The van der Waals surface area contributed by atoms with Crippen molar-refractivity contribution in [3.05, 3.63) is 34.1 Å². The van der Waals surface area contributed by atoms with E-state index in [0.29, 0.717) is 10.0 Å². The highest BCUT2D eigenvalue weighted by Gasteiger charge is 2.10. The molecule has 0 amide bonds. The molecule has 70 valence electrons. The van der Waals surface area contributed by atoms with E-state index in [1.54, 1.807) is 12.1 Å². The summed E-state index contributed by atoms with van der Waals surface area (Å²) in [6.45, 7) is 0. The zero-order valence-electron chi connectivity index (χ0n) is 6.64. The SMILES string of the molecule is O=CC(CCl)c1ccc(Br)c(F)c1. The lowest BCUT2D eigenvalue weighted by Gasteiger charge is -2.06. The minimum absolute atomic E-state index is 0.171. The van der Waals surface area contributed by atoms with Crippen molar-refractivity contribution in [2.75, 3.05) is 5.88 Å². The van der Waals surface area contributed by atoms with Gasteiger partial charge in [-0.1, -0.05) is 6.07 Å². The maximum absolute atomic E-state index is 13.0. The predicted octanol–water partition coefficient (Wildman–Crippen LogP) is 3.11. The van der Waals surface area contributed by atoms with Crippen LogP contribution in [0.5, 0.6) is 0 Å². The van der Waals surface area contributed by atoms with Crippen molar-refractivity contribution in [2.45, 2.75) is 5.92 Å². The summed E-state index contributed by atoms with van der Waals surface area (Å²) in [5, 5.41) is 0. The molecule has 1 rings (SSSR count). The summed E-state index contributed by atoms with van der Waals surface area (Å²) in [6, 6.07) is 4.55. The first-order chi connectivity index (χ1) is 6.19. The molecule has 0 saturated heterocycles. The fraction of sp³-hybridized carbons (Fsp3) is 0.222. The van der Waals surface area contributed by atoms with Crippen LogP contribution < -0.4 is 0 Å². The third-order valence-corrected chi connectivity index (χ3v) is 2.68. The molecule has 1 aromatic rings. The van der Waals surface area contributed by atoms with Gasteiger partial charge in [0.25, 0.3) is 0 Å². The fourth-order valence-electron chi connectivity index (χ4n) is 0.947. The van der Waals surface area contributed by atoms with Gasteiger partial charge in [-0.3, -0.25) is 0 Å². The molecule has 0 spiro atoms. The van der Waals surface area contributed by atoms with Gasteiger partial charge < -0.3 is 4.79 Å². The Hall–Kier alpha value is -0.410. The van der Waals surface area contributed by atoms with E-state index in [-0.39, 0.29) is 11.7 Å². The third kappa shape index (κ3) is 2.51. The number of rotatable bonds is 3. The van der Waals surface area contributed by atoms with Gasteiger partial charge in [0.2, 0.25) is 0 Å². The Balaban J connectivity index is 3.01. The van der Waals surface area contributed by atoms with Gasteiger partial charge in [0.05, 0.1) is 10.4 Å². The lowest BCUT2D eigenvalue weighted by atomic mass is 10.0. The molecule has 0 fully saturated rings. The van der Waals surface area contributed by atoms with E-state index in [2.05, 4.69) is 15.9 Å². The first kappa shape index (κ1) is 10.7. The van der Waals surface area contributed by atoms with E-state index >= 15 is 0 Å². The molecule has 1 unspecified atom stereocenters. The summed E-state index contributed by atoms with van der Waals surface area (Å²) in [4.78, 5) is 10.5. The van der Waals surface area contributed by atoms with Crippen LogP contribution >= 0.6 is 27.5 Å². The van der Waals surface area contributed by atoms with Crippen molar-refractivity contribution in [3.63, 3.8) is 0 Å². The zero-order chi connectivity index (χ0) is 9.84. The first-order valence-corrected chi connectivity index (χ1v) is 4.98. The second-order valence-electron chi connectivity index (χ2n) is 2.57. The average molecular weight is 266 g/mol. The van der Waals surface area contributed by atoms with Crippen molar-refractivity contribution in [2.24, 2.45) is 0 Å². The summed E-state index contributed by atoms with van der Waals surface area (Å²) in [7, 11) is 0. The summed E-state index contributed by atoms with van der Waals surface area (Å²) in [5.74, 6) is -0.636. The Morgan fingerprint density at radius 3 is 2.77 bits per heavy atom. The van der Waals surface area contributed by atoms with Crippen molar-refractivity contribution in [1.82, 2.24) is 0 Å². The van der Waals surface area contributed by atoms with Gasteiger partial charge >= 0.3 is 0 Å². The van der Waals surface area contributed by atoms with E-state index < -0.39 is 5.92 Å². The Kier molecular flexibility index (Phi) is 3.88. The van der Waals surface area contributed by atoms with E-state index in [1.165, 1.54) is 6.07 Å². The Labute approximate surface area is 89.0 Å². The number of aldehydes is 1. The minimum atomic E-state index is -0.427. The van der Waals surface area contributed by atoms with Crippen molar-refractivity contribution >= 4 is 33.8 Å². The molecule has 0 aliphatic heterocycles. The predicted molar refractivity (Wildman–Crippen MR) is 53.6 cm³/mol. The highest BCUT2D eigenvalue weighted by Crippen LogP contribution is 2.21. The van der Waals surface area contributed by atoms with Crippen LogP contribution in [0.3, 0.4) is 0 Å². The molecule has 1 nitrogen and oxygen atoms in total. The van der Waals surface area contributed by atoms with Gasteiger partial charge in [-0.25, -0.2) is 4.39 Å². The Bertz CT molecular complexity index is 316. The average Bonchev–Trinajstić information content (AvgIpc) is 2.13. The van der Waals surface area contributed by atoms with Gasteiger partial charge in [0.15, 0.2) is 0 Å². The Morgan fingerprint density at radius 1 is 1.62 bits per heavy atom. The molecule has 0 saturated carbocycles. The van der Waals surface area contributed by atoms with Crippen LogP contribution in [0.25, 0.3) is 0 Å². The fourth-order valence-corrected chi connectivity index (χ4v) is 1.44. The van der Waals surface area contributed by atoms with E-state index in [0.717, 1.165) is 6.29 Å². The zero-order valence-corrected chi connectivity index (χ0v) is 8.98. The quantitative estimate of drug-likeness (QED) is 0.606. The molecule has 13 heavy (non-hydrogen) atoms. The van der Waals surface area contributed by atoms with Gasteiger partial charge in [-0.15, -0.1) is 11.6 Å². The summed E-state index contributed by atoms with van der Waals surface area (Å²) < 4.78 is 13.4. The molecule has 0 aliphatic carbocycles. The smallest absolute Gasteiger partial charge is 0.137 e. The van der Waals surface area contributed by atoms with Crippen molar-refractivity contribution < 1.29 is 9.18 Å². The highest BCUT2D eigenvalue weighted by atomic mass is 79.9. The van der Waals surface area contributed by atoms with Gasteiger partial charge in [-0.05, 0) is 33.6 Å². The molecule has 0 heterocycles. The highest BCUT2D eigenvalue weighted by molar-refractivity contribution is 9.10. The van der Waals surface area contributed by atoms with Crippen LogP contribution in [-0.4, -0.2) is 12.2 Å². The number of halogens is 3. The minimum Gasteiger partial charge on any atom is -0.303 e. The van der Waals surface area contributed by atoms with Crippen LogP contribution in [0.1, 0.15) is 11.5 Å². The molecule has 0 bridgehead atoms. The van der Waals surface area contributed by atoms with E-state index in [9.17, 15) is 9.18 Å². The van der Waals surface area contributed by atoms with E-state index in [1.807, 2.05) is 0 Å². The number of carbonyl (C=O) groups is 1. The second-order valence-corrected chi connectivity index (χ2v) is 3.73. The summed E-state index contributed by atoms with van der Waals surface area (Å²) in [6.07, 6.45) is 0.718. The standard InChI is InChI=1S/C9H7BrClFO/c10-8-2-1-6(3-9(8)12)7(4-11)5-13/h1-3,5,7H,4H2. The topological polar surface area (TPSA) is 17.1 Å². The van der Waals surface area contributed by atoms with E-state index in [4.69, 9.17) is 11.6 Å². The summed E-state index contributed by atoms with van der Waals surface area (Å²) in [5.41, 5.74) is 0.603. The van der Waals surface area contributed by atoms with Crippen LogP contribution in [0.15, 0.2) is 22.7 Å². The molecular formula is C9H7BrClFO. The van der Waals surface area contributed by atoms with Crippen molar-refractivity contribution in [1.29, 1.82) is 0 Å². The normalized spacial score (nSPS) is 12.5. The second kappa shape index (κ2) is 4.72. The molecule has 0 aliphatic rings. The maximum Gasteiger partial charge on any atom is 0.137 e. The van der Waals surface area contributed by atoms with Crippen LogP contribution in [0.2, 0.25) is 0 Å².